The summed E-state index contributed by atoms with van der Waals surface area (Å²) in [6.45, 7) is 1.63. The Labute approximate surface area is 166 Å². The normalized spacial score (nSPS) is 28.1. The summed E-state index contributed by atoms with van der Waals surface area (Å²) in [5, 5.41) is 30.8. The van der Waals surface area contributed by atoms with E-state index in [-0.39, 0.29) is 24.0 Å². The van der Waals surface area contributed by atoms with Gasteiger partial charge < -0.3 is 30.5 Å². The van der Waals surface area contributed by atoms with Gasteiger partial charge in [0, 0.05) is 5.92 Å². The van der Waals surface area contributed by atoms with Crippen LogP contribution in [0, 0.1) is 0 Å². The minimum Gasteiger partial charge on any atom is -0.394 e. The number of rotatable bonds is 6. The maximum Gasteiger partial charge on any atom is 0.288 e. The molecule has 10 heteroatoms. The monoisotopic (exact) mass is 401 g/mol. The molecule has 2 aromatic heterocycles. The molecule has 10 nitrogen and oxygen atoms in total. The van der Waals surface area contributed by atoms with E-state index >= 15 is 0 Å². The fraction of sp³-hybridized carbons (Fsp3) is 0.421. The molecule has 0 radical (unpaired) electrons. The highest BCUT2D eigenvalue weighted by Crippen LogP contribution is 2.39. The molecular weight excluding hydrogens is 378 g/mol. The number of nitrogens with two attached hydrogens (primary N) is 1. The van der Waals surface area contributed by atoms with Gasteiger partial charge in [-0.3, -0.25) is 4.57 Å². The smallest absolute Gasteiger partial charge is 0.288 e. The van der Waals surface area contributed by atoms with Crippen LogP contribution in [0.25, 0.3) is 11.2 Å². The maximum absolute atomic E-state index is 10.9. The summed E-state index contributed by atoms with van der Waals surface area (Å²) in [7, 11) is 0. The predicted octanol–water partition coefficient (Wildman–Crippen LogP) is -0.0480. The van der Waals surface area contributed by atoms with Crippen molar-refractivity contribution in [3.8, 4) is 0 Å². The number of hydrogen-bond donors (Lipinski definition) is 4. The Morgan fingerprint density at radius 3 is 2.69 bits per heavy atom. The second kappa shape index (κ2) is 7.65. The van der Waals surface area contributed by atoms with Crippen LogP contribution in [0.1, 0.15) is 18.4 Å². The van der Waals surface area contributed by atoms with Crippen molar-refractivity contribution in [2.75, 3.05) is 18.9 Å². The van der Waals surface area contributed by atoms with Crippen LogP contribution in [0.4, 0.5) is 5.82 Å². The van der Waals surface area contributed by atoms with Crippen molar-refractivity contribution in [3.05, 3.63) is 48.5 Å². The van der Waals surface area contributed by atoms with E-state index in [1.54, 1.807) is 0 Å². The first-order valence-corrected chi connectivity index (χ1v) is 9.25. The van der Waals surface area contributed by atoms with Gasteiger partial charge in [-0.2, -0.15) is 0 Å². The van der Waals surface area contributed by atoms with Gasteiger partial charge in [0.25, 0.3) is 5.91 Å². The van der Waals surface area contributed by atoms with E-state index in [0.29, 0.717) is 5.52 Å². The van der Waals surface area contributed by atoms with E-state index in [4.69, 9.17) is 15.2 Å². The fourth-order valence-corrected chi connectivity index (χ4v) is 3.51. The molecule has 4 rings (SSSR count). The molecular formula is C19H23N5O5. The molecule has 1 saturated heterocycles. The molecule has 1 aliphatic heterocycles. The van der Waals surface area contributed by atoms with E-state index in [0.717, 1.165) is 5.56 Å². The average Bonchev–Trinajstić information content (AvgIpc) is 3.29. The summed E-state index contributed by atoms with van der Waals surface area (Å²) in [6.07, 6.45) is -1.30. The molecule has 1 fully saturated rings. The average molecular weight is 401 g/mol. The van der Waals surface area contributed by atoms with Crippen LogP contribution in [0.3, 0.4) is 0 Å². The summed E-state index contributed by atoms with van der Waals surface area (Å²) in [5.41, 5.74) is 7.49. The van der Waals surface area contributed by atoms with Gasteiger partial charge in [-0.1, -0.05) is 37.3 Å². The first-order valence-electron chi connectivity index (χ1n) is 9.25. The van der Waals surface area contributed by atoms with Crippen molar-refractivity contribution in [3.63, 3.8) is 0 Å². The standard InChI is InChI=1S/C19H23N5O5/c1-11(12-5-3-2-4-6-12)8-28-19(16(27)15(26)13(7-25)29-19)24-10-23-14-17(20)21-9-22-18(14)24/h2-6,9-11,13,15-16,25-27H,7-8H2,1H3,(H2,20,21,22)/t11?,13-,15-,16-,19-/m1/s1. The summed E-state index contributed by atoms with van der Waals surface area (Å²) < 4.78 is 13.3. The maximum atomic E-state index is 10.9. The Morgan fingerprint density at radius 1 is 1.24 bits per heavy atom. The van der Waals surface area contributed by atoms with Crippen molar-refractivity contribution in [1.82, 2.24) is 19.5 Å². The van der Waals surface area contributed by atoms with Crippen LogP contribution in [-0.2, 0) is 15.4 Å². The van der Waals surface area contributed by atoms with Crippen LogP contribution in [-0.4, -0.2) is 66.4 Å². The second-order valence-corrected chi connectivity index (χ2v) is 7.07. The topological polar surface area (TPSA) is 149 Å². The van der Waals surface area contributed by atoms with E-state index < -0.39 is 30.8 Å². The molecule has 3 aromatic rings. The molecule has 0 spiro atoms. The molecule has 29 heavy (non-hydrogen) atoms. The largest absolute Gasteiger partial charge is 0.394 e. The Kier molecular flexibility index (Phi) is 5.19. The van der Waals surface area contributed by atoms with Gasteiger partial charge in [-0.25, -0.2) is 15.0 Å². The highest BCUT2D eigenvalue weighted by atomic mass is 16.7. The van der Waals surface area contributed by atoms with Gasteiger partial charge in [0.2, 0.25) is 0 Å². The molecule has 0 amide bonds. The first-order chi connectivity index (χ1) is 14.0. The third-order valence-corrected chi connectivity index (χ3v) is 5.18. The fourth-order valence-electron chi connectivity index (χ4n) is 3.51. The van der Waals surface area contributed by atoms with E-state index in [1.165, 1.54) is 17.2 Å². The SMILES string of the molecule is CC(CO[C@@]1(n2cnc3c(N)ncnc32)O[C@H](CO)[C@@H](O)[C@H]1O)c1ccccc1. The number of aliphatic hydroxyl groups is 3. The van der Waals surface area contributed by atoms with Gasteiger partial charge in [-0.05, 0) is 5.56 Å². The lowest BCUT2D eigenvalue weighted by atomic mass is 10.0. The van der Waals surface area contributed by atoms with Gasteiger partial charge in [-0.15, -0.1) is 0 Å². The first kappa shape index (κ1) is 19.7. The minimum atomic E-state index is -1.84. The van der Waals surface area contributed by atoms with Gasteiger partial charge in [0.1, 0.15) is 30.4 Å². The molecule has 3 heterocycles. The number of imidazole rings is 1. The van der Waals surface area contributed by atoms with Crippen LogP contribution in [0.15, 0.2) is 43.0 Å². The second-order valence-electron chi connectivity index (χ2n) is 7.07. The highest BCUT2D eigenvalue weighted by molar-refractivity contribution is 5.81. The van der Waals surface area contributed by atoms with Crippen molar-refractivity contribution in [2.45, 2.75) is 37.1 Å². The number of ether oxygens (including phenoxy) is 2. The van der Waals surface area contributed by atoms with Crippen molar-refractivity contribution < 1.29 is 24.8 Å². The molecule has 0 bridgehead atoms. The molecule has 0 saturated carbocycles. The lowest BCUT2D eigenvalue weighted by Gasteiger charge is -2.34. The van der Waals surface area contributed by atoms with Crippen molar-refractivity contribution in [2.24, 2.45) is 0 Å². The van der Waals surface area contributed by atoms with E-state index in [2.05, 4.69) is 15.0 Å². The Morgan fingerprint density at radius 2 is 2.00 bits per heavy atom. The van der Waals surface area contributed by atoms with Gasteiger partial charge >= 0.3 is 0 Å². The Bertz CT molecular complexity index is 984. The molecule has 154 valence electrons. The molecule has 0 aliphatic carbocycles. The zero-order chi connectivity index (χ0) is 20.6. The zero-order valence-electron chi connectivity index (χ0n) is 15.8. The summed E-state index contributed by atoms with van der Waals surface area (Å²) in [4.78, 5) is 12.3. The number of benzene rings is 1. The lowest BCUT2D eigenvalue weighted by Crippen LogP contribution is -2.48. The van der Waals surface area contributed by atoms with E-state index in [1.807, 2.05) is 37.3 Å². The Balaban J connectivity index is 1.73. The number of hydrogen-bond acceptors (Lipinski definition) is 9. The molecule has 5 N–H and O–H groups in total. The Hall–Kier alpha value is -2.63. The van der Waals surface area contributed by atoms with Crippen LogP contribution in [0.2, 0.25) is 0 Å². The summed E-state index contributed by atoms with van der Waals surface area (Å²) in [6, 6.07) is 9.72. The lowest BCUT2D eigenvalue weighted by molar-refractivity contribution is -0.315. The molecule has 1 aromatic carbocycles. The summed E-state index contributed by atoms with van der Waals surface area (Å²) in [5.74, 6) is -1.72. The molecule has 5 atom stereocenters. The van der Waals surface area contributed by atoms with Crippen molar-refractivity contribution in [1.29, 1.82) is 0 Å². The molecule has 1 aliphatic rings. The number of anilines is 1. The minimum absolute atomic E-state index is 0.0383. The predicted molar refractivity (Wildman–Crippen MR) is 102 cm³/mol. The number of nitrogen functional groups attached to an aromatic ring is 1. The third kappa shape index (κ3) is 3.24. The molecule has 1 unspecified atom stereocenters. The van der Waals surface area contributed by atoms with Gasteiger partial charge in [0.05, 0.1) is 13.2 Å². The number of aliphatic hydroxyl groups excluding tert-OH is 3. The number of fused-ring (bicyclic) bond motifs is 1. The summed E-state index contributed by atoms with van der Waals surface area (Å²) >= 11 is 0. The highest BCUT2D eigenvalue weighted by Gasteiger charge is 2.57. The van der Waals surface area contributed by atoms with Crippen molar-refractivity contribution >= 4 is 17.0 Å². The van der Waals surface area contributed by atoms with Crippen LogP contribution >= 0.6 is 0 Å². The van der Waals surface area contributed by atoms with Crippen LogP contribution in [0.5, 0.6) is 0 Å². The third-order valence-electron chi connectivity index (χ3n) is 5.18. The van der Waals surface area contributed by atoms with Gasteiger partial charge in [0.15, 0.2) is 17.6 Å². The number of nitrogens with zero attached hydrogens (tertiary/aromatic N) is 4. The van der Waals surface area contributed by atoms with Crippen LogP contribution < -0.4 is 5.73 Å². The van der Waals surface area contributed by atoms with E-state index in [9.17, 15) is 15.3 Å². The quantitative estimate of drug-likeness (QED) is 0.446. The number of aromatic nitrogens is 4. The zero-order valence-corrected chi connectivity index (χ0v) is 15.8.